The van der Waals surface area contributed by atoms with Crippen molar-refractivity contribution in [3.8, 4) is 0 Å². The van der Waals surface area contributed by atoms with Crippen molar-refractivity contribution in [2.45, 2.75) is 57.7 Å². The van der Waals surface area contributed by atoms with Crippen LogP contribution in [-0.4, -0.2) is 61.0 Å². The summed E-state index contributed by atoms with van der Waals surface area (Å²) in [5, 5.41) is 13.4. The summed E-state index contributed by atoms with van der Waals surface area (Å²) in [5.41, 5.74) is 0. The Bertz CT molecular complexity index is 261. The van der Waals surface area contributed by atoms with E-state index >= 15 is 0 Å². The van der Waals surface area contributed by atoms with Gasteiger partial charge in [-0.25, -0.2) is 0 Å². The average Bonchev–Trinajstić information content (AvgIpc) is 2.83. The molecule has 2 saturated heterocycles. The highest BCUT2D eigenvalue weighted by Crippen LogP contribution is 2.26. The molecule has 0 bridgehead atoms. The van der Waals surface area contributed by atoms with Gasteiger partial charge in [-0.1, -0.05) is 13.8 Å². The largest absolute Gasteiger partial charge is 0.389 e. The van der Waals surface area contributed by atoms with Crippen LogP contribution in [0.4, 0.5) is 0 Å². The fourth-order valence-corrected chi connectivity index (χ4v) is 3.21. The number of aliphatic hydroxyl groups is 1. The smallest absolute Gasteiger partial charge is 0.0897 e. The molecular formula is C15H30N2O2. The van der Waals surface area contributed by atoms with Crippen molar-refractivity contribution in [2.24, 2.45) is 5.92 Å². The highest BCUT2D eigenvalue weighted by atomic mass is 16.5. The van der Waals surface area contributed by atoms with Crippen LogP contribution in [0.25, 0.3) is 0 Å². The van der Waals surface area contributed by atoms with E-state index in [1.54, 1.807) is 0 Å². The van der Waals surface area contributed by atoms with Crippen LogP contribution in [0.2, 0.25) is 0 Å². The molecule has 0 aromatic rings. The Labute approximate surface area is 117 Å². The minimum Gasteiger partial charge on any atom is -0.389 e. The molecule has 3 atom stereocenters. The minimum absolute atomic E-state index is 0.375. The summed E-state index contributed by atoms with van der Waals surface area (Å²) in [5.74, 6) is 0.534. The van der Waals surface area contributed by atoms with E-state index in [0.29, 0.717) is 25.1 Å². The first-order chi connectivity index (χ1) is 9.15. The summed E-state index contributed by atoms with van der Waals surface area (Å²) in [4.78, 5) is 2.63. The Balaban J connectivity index is 1.57. The van der Waals surface area contributed by atoms with Gasteiger partial charge < -0.3 is 20.1 Å². The first-order valence-corrected chi connectivity index (χ1v) is 7.88. The molecule has 4 nitrogen and oxygen atoms in total. The normalized spacial score (nSPS) is 29.7. The third-order valence-corrected chi connectivity index (χ3v) is 4.22. The fourth-order valence-electron chi connectivity index (χ4n) is 3.21. The van der Waals surface area contributed by atoms with Crippen molar-refractivity contribution >= 4 is 0 Å². The lowest BCUT2D eigenvalue weighted by molar-refractivity contribution is 0.0233. The molecular weight excluding hydrogens is 240 g/mol. The van der Waals surface area contributed by atoms with E-state index in [4.69, 9.17) is 4.74 Å². The SMILES string of the molecule is CC(C)COCC(O)CNC1CCN2CCCC2C1. The van der Waals surface area contributed by atoms with Gasteiger partial charge in [0.05, 0.1) is 12.7 Å². The quantitative estimate of drug-likeness (QED) is 0.730. The monoisotopic (exact) mass is 270 g/mol. The van der Waals surface area contributed by atoms with Gasteiger partial charge in [-0.3, -0.25) is 0 Å². The lowest BCUT2D eigenvalue weighted by Gasteiger charge is -2.35. The van der Waals surface area contributed by atoms with Crippen molar-refractivity contribution in [3.63, 3.8) is 0 Å². The zero-order valence-electron chi connectivity index (χ0n) is 12.5. The van der Waals surface area contributed by atoms with Crippen LogP contribution in [0, 0.1) is 5.92 Å². The summed E-state index contributed by atoms with van der Waals surface area (Å²) < 4.78 is 5.47. The van der Waals surface area contributed by atoms with Gasteiger partial charge in [-0.15, -0.1) is 0 Å². The van der Waals surface area contributed by atoms with Crippen LogP contribution >= 0.6 is 0 Å². The van der Waals surface area contributed by atoms with Gasteiger partial charge in [0.25, 0.3) is 0 Å². The van der Waals surface area contributed by atoms with Crippen molar-refractivity contribution in [2.75, 3.05) is 32.8 Å². The zero-order chi connectivity index (χ0) is 13.7. The number of fused-ring (bicyclic) bond motifs is 1. The summed E-state index contributed by atoms with van der Waals surface area (Å²) in [6, 6.07) is 1.37. The number of aliphatic hydroxyl groups excluding tert-OH is 1. The molecule has 19 heavy (non-hydrogen) atoms. The Morgan fingerprint density at radius 1 is 1.26 bits per heavy atom. The predicted molar refractivity (Wildman–Crippen MR) is 77.3 cm³/mol. The lowest BCUT2D eigenvalue weighted by atomic mass is 9.97. The Morgan fingerprint density at radius 3 is 2.89 bits per heavy atom. The maximum atomic E-state index is 9.88. The number of nitrogens with zero attached hydrogens (tertiary/aromatic N) is 1. The molecule has 0 amide bonds. The first kappa shape index (κ1) is 15.2. The Kier molecular flexibility index (Phi) is 6.07. The van der Waals surface area contributed by atoms with E-state index in [1.165, 1.54) is 38.8 Å². The van der Waals surface area contributed by atoms with Crippen LogP contribution in [0.5, 0.6) is 0 Å². The molecule has 0 saturated carbocycles. The second-order valence-electron chi connectivity index (χ2n) is 6.55. The molecule has 2 rings (SSSR count). The van der Waals surface area contributed by atoms with E-state index in [0.717, 1.165) is 12.6 Å². The van der Waals surface area contributed by atoms with Crippen LogP contribution in [0.15, 0.2) is 0 Å². The molecule has 0 radical (unpaired) electrons. The molecule has 2 heterocycles. The predicted octanol–water partition coefficient (Wildman–Crippen LogP) is 1.24. The van der Waals surface area contributed by atoms with Gasteiger partial charge in [-0.2, -0.15) is 0 Å². The van der Waals surface area contributed by atoms with Crippen LogP contribution < -0.4 is 5.32 Å². The van der Waals surface area contributed by atoms with Crippen molar-refractivity contribution < 1.29 is 9.84 Å². The maximum absolute atomic E-state index is 9.88. The molecule has 2 fully saturated rings. The van der Waals surface area contributed by atoms with Crippen molar-refractivity contribution in [1.82, 2.24) is 10.2 Å². The molecule has 0 aromatic carbocycles. The zero-order valence-corrected chi connectivity index (χ0v) is 12.5. The van der Waals surface area contributed by atoms with Gasteiger partial charge in [0.1, 0.15) is 0 Å². The fraction of sp³-hybridized carbons (Fsp3) is 1.00. The highest BCUT2D eigenvalue weighted by Gasteiger charge is 2.31. The third-order valence-electron chi connectivity index (χ3n) is 4.22. The number of nitrogens with one attached hydrogen (secondary N) is 1. The van der Waals surface area contributed by atoms with Crippen molar-refractivity contribution in [1.29, 1.82) is 0 Å². The van der Waals surface area contributed by atoms with Crippen molar-refractivity contribution in [3.05, 3.63) is 0 Å². The first-order valence-electron chi connectivity index (χ1n) is 7.88. The highest BCUT2D eigenvalue weighted by molar-refractivity contribution is 4.89. The van der Waals surface area contributed by atoms with Crippen LogP contribution in [-0.2, 0) is 4.74 Å². The van der Waals surface area contributed by atoms with Gasteiger partial charge in [-0.05, 0) is 44.7 Å². The second kappa shape index (κ2) is 7.58. The molecule has 4 heteroatoms. The molecule has 112 valence electrons. The van der Waals surface area contributed by atoms with E-state index < -0.39 is 0 Å². The van der Waals surface area contributed by atoms with E-state index in [2.05, 4.69) is 24.1 Å². The number of hydrogen-bond acceptors (Lipinski definition) is 4. The molecule has 2 aliphatic heterocycles. The minimum atomic E-state index is -0.375. The third kappa shape index (κ3) is 5.03. The summed E-state index contributed by atoms with van der Waals surface area (Å²) >= 11 is 0. The molecule has 2 N–H and O–H groups in total. The molecule has 0 aromatic heterocycles. The standard InChI is InChI=1S/C15H30N2O2/c1-12(2)10-19-11-15(18)9-16-13-5-7-17-6-3-4-14(17)8-13/h12-16,18H,3-11H2,1-2H3. The summed E-state index contributed by atoms with van der Waals surface area (Å²) in [6.07, 6.45) is 4.82. The average molecular weight is 270 g/mol. The second-order valence-corrected chi connectivity index (χ2v) is 6.55. The molecule has 0 aliphatic carbocycles. The summed E-state index contributed by atoms with van der Waals surface area (Å²) in [7, 11) is 0. The topological polar surface area (TPSA) is 44.7 Å². The number of rotatable bonds is 7. The van der Waals surface area contributed by atoms with Gasteiger partial charge >= 0.3 is 0 Å². The van der Waals surface area contributed by atoms with Crippen LogP contribution in [0.3, 0.4) is 0 Å². The van der Waals surface area contributed by atoms with Gasteiger partial charge in [0.15, 0.2) is 0 Å². The number of hydrogen-bond donors (Lipinski definition) is 2. The van der Waals surface area contributed by atoms with Gasteiger partial charge in [0, 0.05) is 25.2 Å². The molecule has 3 unspecified atom stereocenters. The number of ether oxygens (including phenoxy) is 1. The van der Waals surface area contributed by atoms with E-state index in [1.807, 2.05) is 0 Å². The summed E-state index contributed by atoms with van der Waals surface area (Å²) in [6.45, 7) is 8.62. The molecule has 0 spiro atoms. The lowest BCUT2D eigenvalue weighted by Crippen LogP contribution is -2.47. The van der Waals surface area contributed by atoms with E-state index in [9.17, 15) is 5.11 Å². The number of piperidine rings is 1. The van der Waals surface area contributed by atoms with Gasteiger partial charge in [0.2, 0.25) is 0 Å². The van der Waals surface area contributed by atoms with E-state index in [-0.39, 0.29) is 6.10 Å². The maximum Gasteiger partial charge on any atom is 0.0897 e. The van der Waals surface area contributed by atoms with Crippen LogP contribution in [0.1, 0.15) is 39.5 Å². The Morgan fingerprint density at radius 2 is 2.11 bits per heavy atom. The molecule has 2 aliphatic rings. The Hall–Kier alpha value is -0.160.